The van der Waals surface area contributed by atoms with E-state index >= 15 is 0 Å². The predicted molar refractivity (Wildman–Crippen MR) is 59.6 cm³/mol. The number of carbonyl (C=O) groups is 1. The number of carbonyl (C=O) groups excluding carboxylic acids is 1. The number of ether oxygens (including phenoxy) is 1. The van der Waals surface area contributed by atoms with Crippen molar-refractivity contribution < 1.29 is 14.6 Å². The van der Waals surface area contributed by atoms with Crippen molar-refractivity contribution in [3.05, 3.63) is 0 Å². The van der Waals surface area contributed by atoms with Crippen LogP contribution in [0, 0.1) is 5.92 Å². The molecule has 0 rings (SSSR count). The van der Waals surface area contributed by atoms with Gasteiger partial charge in [0.1, 0.15) is 5.60 Å². The Labute approximate surface area is 92.0 Å². The zero-order valence-corrected chi connectivity index (χ0v) is 10.3. The number of nitrogens with one attached hydrogen (secondary N) is 1. The Morgan fingerprint density at radius 1 is 1.47 bits per heavy atom. The van der Waals surface area contributed by atoms with E-state index < -0.39 is 11.7 Å². The highest BCUT2D eigenvalue weighted by Crippen LogP contribution is 2.08. The lowest BCUT2D eigenvalue weighted by atomic mass is 10.1. The van der Waals surface area contributed by atoms with Gasteiger partial charge in [0.2, 0.25) is 0 Å². The molecular formula is C11H23NO3. The number of aliphatic hydroxyl groups is 1. The fourth-order valence-electron chi connectivity index (χ4n) is 1.14. The minimum Gasteiger partial charge on any atom is -0.391 e. The van der Waals surface area contributed by atoms with Gasteiger partial charge in [-0.2, -0.15) is 0 Å². The van der Waals surface area contributed by atoms with Crippen molar-refractivity contribution in [1.29, 1.82) is 0 Å². The van der Waals surface area contributed by atoms with Gasteiger partial charge < -0.3 is 15.2 Å². The van der Waals surface area contributed by atoms with Gasteiger partial charge in [-0.3, -0.25) is 4.79 Å². The molecule has 0 spiro atoms. The predicted octanol–water partition coefficient (Wildman–Crippen LogP) is 0.935. The summed E-state index contributed by atoms with van der Waals surface area (Å²) in [4.78, 5) is 11.5. The normalized spacial score (nSPS) is 14.1. The van der Waals surface area contributed by atoms with E-state index in [-0.39, 0.29) is 12.5 Å². The van der Waals surface area contributed by atoms with E-state index in [9.17, 15) is 9.90 Å². The molecule has 0 aromatic carbocycles. The number of hydrogen-bond donors (Lipinski definition) is 2. The molecule has 0 radical (unpaired) electrons. The molecule has 0 heterocycles. The van der Waals surface area contributed by atoms with Gasteiger partial charge in [0, 0.05) is 13.7 Å². The average molecular weight is 217 g/mol. The van der Waals surface area contributed by atoms with E-state index in [4.69, 9.17) is 4.74 Å². The third kappa shape index (κ3) is 5.74. The molecule has 4 nitrogen and oxygen atoms in total. The number of rotatable bonds is 6. The first-order chi connectivity index (χ1) is 6.79. The van der Waals surface area contributed by atoms with Crippen LogP contribution in [0.25, 0.3) is 0 Å². The second-order valence-electron chi connectivity index (χ2n) is 4.71. The molecule has 0 aliphatic rings. The summed E-state index contributed by atoms with van der Waals surface area (Å²) in [7, 11) is 1.49. The molecule has 0 aliphatic heterocycles. The summed E-state index contributed by atoms with van der Waals surface area (Å²) in [6, 6.07) is 0. The van der Waals surface area contributed by atoms with E-state index in [1.165, 1.54) is 7.11 Å². The van der Waals surface area contributed by atoms with Crippen LogP contribution in [0.4, 0.5) is 0 Å². The molecule has 15 heavy (non-hydrogen) atoms. The summed E-state index contributed by atoms with van der Waals surface area (Å²) >= 11 is 0. The lowest BCUT2D eigenvalue weighted by Gasteiger charge is -2.23. The Morgan fingerprint density at radius 3 is 2.40 bits per heavy atom. The summed E-state index contributed by atoms with van der Waals surface area (Å²) in [5.74, 6) is 0.222. The summed E-state index contributed by atoms with van der Waals surface area (Å²) in [5, 5.41) is 12.2. The lowest BCUT2D eigenvalue weighted by Crippen LogP contribution is -2.46. The van der Waals surface area contributed by atoms with Gasteiger partial charge >= 0.3 is 0 Å². The lowest BCUT2D eigenvalue weighted by molar-refractivity contribution is -0.140. The van der Waals surface area contributed by atoms with E-state index in [0.717, 1.165) is 0 Å². The van der Waals surface area contributed by atoms with Gasteiger partial charge in [-0.05, 0) is 26.2 Å². The molecule has 0 aromatic rings. The second kappa shape index (κ2) is 6.08. The fraction of sp³-hybridized carbons (Fsp3) is 0.909. The highest BCUT2D eigenvalue weighted by atomic mass is 16.5. The zero-order valence-electron chi connectivity index (χ0n) is 10.3. The Balaban J connectivity index is 3.90. The SMILES string of the molecule is COC(C)(C)C(=O)NCC(O)CC(C)C. The number of amides is 1. The average Bonchev–Trinajstić information content (AvgIpc) is 2.13. The molecule has 0 aromatic heterocycles. The van der Waals surface area contributed by atoms with Crippen LogP contribution in [0.2, 0.25) is 0 Å². The van der Waals surface area contributed by atoms with Crippen molar-refractivity contribution in [2.24, 2.45) is 5.92 Å². The van der Waals surface area contributed by atoms with E-state index in [1.807, 2.05) is 13.8 Å². The summed E-state index contributed by atoms with van der Waals surface area (Å²) in [6.45, 7) is 7.73. The molecule has 0 aliphatic carbocycles. The van der Waals surface area contributed by atoms with Crippen LogP contribution in [0.3, 0.4) is 0 Å². The maximum absolute atomic E-state index is 11.5. The third-order valence-corrected chi connectivity index (χ3v) is 2.30. The summed E-state index contributed by atoms with van der Waals surface area (Å²) in [6.07, 6.45) is 0.204. The smallest absolute Gasteiger partial charge is 0.251 e. The second-order valence-corrected chi connectivity index (χ2v) is 4.71. The fourth-order valence-corrected chi connectivity index (χ4v) is 1.14. The Kier molecular flexibility index (Phi) is 5.83. The molecule has 0 saturated heterocycles. The molecule has 4 heteroatoms. The van der Waals surface area contributed by atoms with Crippen LogP contribution in [-0.4, -0.2) is 36.4 Å². The quantitative estimate of drug-likeness (QED) is 0.696. The van der Waals surface area contributed by atoms with Crippen LogP contribution >= 0.6 is 0 Å². The largest absolute Gasteiger partial charge is 0.391 e. The standard InChI is InChI=1S/C11H23NO3/c1-8(2)6-9(13)7-12-10(14)11(3,4)15-5/h8-9,13H,6-7H2,1-5H3,(H,12,14). The molecule has 0 bridgehead atoms. The van der Waals surface area contributed by atoms with Gasteiger partial charge in [0.25, 0.3) is 5.91 Å². The van der Waals surface area contributed by atoms with Crippen LogP contribution in [-0.2, 0) is 9.53 Å². The summed E-state index contributed by atoms with van der Waals surface area (Å²) in [5.41, 5.74) is -0.836. The highest BCUT2D eigenvalue weighted by Gasteiger charge is 2.26. The zero-order chi connectivity index (χ0) is 12.1. The minimum atomic E-state index is -0.836. The molecule has 0 fully saturated rings. The Hall–Kier alpha value is -0.610. The minimum absolute atomic E-state index is 0.201. The van der Waals surface area contributed by atoms with Crippen molar-refractivity contribution in [3.8, 4) is 0 Å². The van der Waals surface area contributed by atoms with Crippen LogP contribution in [0.5, 0.6) is 0 Å². The summed E-state index contributed by atoms with van der Waals surface area (Å²) < 4.78 is 5.02. The third-order valence-electron chi connectivity index (χ3n) is 2.30. The van der Waals surface area contributed by atoms with Gasteiger partial charge in [-0.25, -0.2) is 0 Å². The van der Waals surface area contributed by atoms with Crippen molar-refractivity contribution in [2.45, 2.75) is 45.8 Å². The highest BCUT2D eigenvalue weighted by molar-refractivity contribution is 5.84. The topological polar surface area (TPSA) is 58.6 Å². The van der Waals surface area contributed by atoms with E-state index in [1.54, 1.807) is 13.8 Å². The van der Waals surface area contributed by atoms with Crippen molar-refractivity contribution in [1.82, 2.24) is 5.32 Å². The molecule has 2 N–H and O–H groups in total. The number of aliphatic hydroxyl groups excluding tert-OH is 1. The van der Waals surface area contributed by atoms with Crippen LogP contribution < -0.4 is 5.32 Å². The van der Waals surface area contributed by atoms with Crippen molar-refractivity contribution in [3.63, 3.8) is 0 Å². The molecule has 1 amide bonds. The van der Waals surface area contributed by atoms with Crippen LogP contribution in [0.1, 0.15) is 34.1 Å². The first-order valence-corrected chi connectivity index (χ1v) is 5.31. The number of methoxy groups -OCH3 is 1. The Morgan fingerprint density at radius 2 is 2.00 bits per heavy atom. The van der Waals surface area contributed by atoms with E-state index in [2.05, 4.69) is 5.32 Å². The maximum Gasteiger partial charge on any atom is 0.251 e. The maximum atomic E-state index is 11.5. The molecule has 1 unspecified atom stereocenters. The van der Waals surface area contributed by atoms with Gasteiger partial charge in [0.05, 0.1) is 6.10 Å². The van der Waals surface area contributed by atoms with Crippen LogP contribution in [0.15, 0.2) is 0 Å². The molecule has 90 valence electrons. The molecular weight excluding hydrogens is 194 g/mol. The first-order valence-electron chi connectivity index (χ1n) is 5.31. The van der Waals surface area contributed by atoms with Gasteiger partial charge in [-0.1, -0.05) is 13.8 Å². The Bertz CT molecular complexity index is 202. The van der Waals surface area contributed by atoms with E-state index in [0.29, 0.717) is 12.3 Å². The molecule has 0 saturated carbocycles. The molecule has 1 atom stereocenters. The monoisotopic (exact) mass is 217 g/mol. The first kappa shape index (κ1) is 14.4. The van der Waals surface area contributed by atoms with Gasteiger partial charge in [-0.15, -0.1) is 0 Å². The van der Waals surface area contributed by atoms with Crippen molar-refractivity contribution >= 4 is 5.91 Å². The van der Waals surface area contributed by atoms with Crippen molar-refractivity contribution in [2.75, 3.05) is 13.7 Å². The van der Waals surface area contributed by atoms with Gasteiger partial charge in [0.15, 0.2) is 0 Å². The number of hydrogen-bond acceptors (Lipinski definition) is 3.